The number of hydrogen-bond acceptors (Lipinski definition) is 7. The normalized spacial score (nSPS) is 21.1. The third-order valence-corrected chi connectivity index (χ3v) is 17.0. The number of rotatable bonds is 20. The van der Waals surface area contributed by atoms with Crippen LogP contribution in [0, 0.1) is 35.6 Å². The van der Waals surface area contributed by atoms with Crippen LogP contribution in [-0.2, 0) is 23.3 Å². The zero-order valence-corrected chi connectivity index (χ0v) is 32.0. The number of likely N-dealkylation sites (tertiary alicyclic amines) is 2. The van der Waals surface area contributed by atoms with Gasteiger partial charge in [0.2, 0.25) is 23.6 Å². The van der Waals surface area contributed by atoms with Crippen LogP contribution in [0.4, 0.5) is 0 Å². The predicted octanol–water partition coefficient (Wildman–Crippen LogP) is 4.19. The molecule has 0 aliphatic carbocycles. The van der Waals surface area contributed by atoms with Gasteiger partial charge in [-0.25, -0.2) is 0 Å². The molecule has 2 aliphatic heterocycles. The fourth-order valence-corrected chi connectivity index (χ4v) is 15.8. The second-order valence-corrected chi connectivity index (χ2v) is 23.7. The second-order valence-electron chi connectivity index (χ2n) is 14.9. The standard InChI is InChI=1S/C34H56B2N4O5Si2/c1-25(37-19-17-35)13-15-27(3)39-31(41)23-29(33(39)43)11-9-21-46(5,6)45-47(7,8)22-10-12-30-24-32(42)40(34(30)44)28(4)16-14-26(2)38-20-18-36/h25-30,37-38H,9-16,21-24H2,1-8H3. The lowest BCUT2D eigenvalue weighted by molar-refractivity contribution is -0.143. The summed E-state index contributed by atoms with van der Waals surface area (Å²) >= 11 is 0. The minimum atomic E-state index is -2.01. The van der Waals surface area contributed by atoms with Crippen LogP contribution < -0.4 is 10.6 Å². The molecule has 4 amide bonds. The van der Waals surface area contributed by atoms with E-state index in [9.17, 15) is 19.2 Å². The number of amides is 4. The Labute approximate surface area is 288 Å². The Morgan fingerprint density at radius 1 is 0.702 bits per heavy atom. The average molecular weight is 679 g/mol. The fourth-order valence-electron chi connectivity index (χ4n) is 6.92. The lowest BCUT2D eigenvalue weighted by Crippen LogP contribution is -2.44. The van der Waals surface area contributed by atoms with Gasteiger partial charge in [-0.05, 0) is 117 Å². The van der Waals surface area contributed by atoms with Gasteiger partial charge in [0.25, 0.3) is 0 Å². The van der Waals surface area contributed by atoms with Crippen LogP contribution in [0.3, 0.4) is 0 Å². The van der Waals surface area contributed by atoms with E-state index in [4.69, 9.17) is 19.8 Å². The van der Waals surface area contributed by atoms with Crippen LogP contribution in [0.2, 0.25) is 38.3 Å². The maximum absolute atomic E-state index is 13.2. The molecule has 6 unspecified atom stereocenters. The van der Waals surface area contributed by atoms with Gasteiger partial charge in [0, 0.05) is 48.8 Å². The molecule has 0 saturated carbocycles. The number of nitrogens with zero attached hydrogens (tertiary/aromatic N) is 2. The molecule has 0 bridgehead atoms. The molecule has 2 heterocycles. The van der Waals surface area contributed by atoms with Crippen molar-refractivity contribution >= 4 is 56.0 Å². The molecular weight excluding hydrogens is 622 g/mol. The van der Waals surface area contributed by atoms with Gasteiger partial charge in [-0.1, -0.05) is 12.8 Å². The van der Waals surface area contributed by atoms with E-state index in [0.717, 1.165) is 37.8 Å². The Balaban J connectivity index is 1.77. The van der Waals surface area contributed by atoms with E-state index in [-0.39, 0.29) is 72.5 Å². The summed E-state index contributed by atoms with van der Waals surface area (Å²) in [6.45, 7) is 16.8. The molecular formula is C34H56B2N4O5Si2. The first-order chi connectivity index (χ1) is 22.0. The third-order valence-electron chi connectivity index (χ3n) is 9.47. The van der Waals surface area contributed by atoms with Crippen molar-refractivity contribution in [2.45, 2.75) is 154 Å². The van der Waals surface area contributed by atoms with Gasteiger partial charge in [0.1, 0.15) is 0 Å². The summed E-state index contributed by atoms with van der Waals surface area (Å²) in [5.74, 6) is 3.92. The highest BCUT2D eigenvalue weighted by atomic mass is 28.4. The molecule has 4 radical (unpaired) electrons. The molecule has 0 aromatic rings. The van der Waals surface area contributed by atoms with Gasteiger partial charge in [0.15, 0.2) is 32.3 Å². The molecule has 0 aromatic carbocycles. The van der Waals surface area contributed by atoms with Crippen LogP contribution in [0.15, 0.2) is 0 Å². The molecule has 2 aliphatic rings. The molecule has 2 rings (SSSR count). The van der Waals surface area contributed by atoms with Crippen molar-refractivity contribution < 1.29 is 23.3 Å². The zero-order chi connectivity index (χ0) is 35.4. The average Bonchev–Trinajstić information content (AvgIpc) is 3.43. The number of imide groups is 2. The first kappa shape index (κ1) is 40.7. The van der Waals surface area contributed by atoms with Crippen molar-refractivity contribution in [3.63, 3.8) is 0 Å². The SMILES string of the molecule is [B]C#CNC(C)CCC(C)N1C(=O)CC(CCC[Si](C)(C)O[Si](C)(C)CCCC2CC(=O)N(C(C)CCC(C)NC#C[B])C2=O)C1=O. The first-order valence-corrected chi connectivity index (χ1v) is 23.6. The van der Waals surface area contributed by atoms with E-state index >= 15 is 0 Å². The summed E-state index contributed by atoms with van der Waals surface area (Å²) in [6, 6.07) is 7.11. The molecule has 9 nitrogen and oxygen atoms in total. The Bertz CT molecular complexity index is 1140. The van der Waals surface area contributed by atoms with E-state index in [2.05, 4.69) is 60.5 Å². The highest BCUT2D eigenvalue weighted by molar-refractivity contribution is 6.84. The quantitative estimate of drug-likeness (QED) is 0.0861. The van der Waals surface area contributed by atoms with E-state index in [1.165, 1.54) is 9.80 Å². The van der Waals surface area contributed by atoms with Crippen molar-refractivity contribution in [2.75, 3.05) is 0 Å². The van der Waals surface area contributed by atoms with Crippen molar-refractivity contribution in [3.05, 3.63) is 0 Å². The van der Waals surface area contributed by atoms with Crippen molar-refractivity contribution in [3.8, 4) is 23.7 Å². The Morgan fingerprint density at radius 3 is 1.40 bits per heavy atom. The lowest BCUT2D eigenvalue weighted by Gasteiger charge is -2.34. The minimum Gasteiger partial charge on any atom is -0.455 e. The predicted molar refractivity (Wildman–Crippen MR) is 194 cm³/mol. The van der Waals surface area contributed by atoms with Crippen LogP contribution in [0.1, 0.15) is 91.9 Å². The molecule has 256 valence electrons. The maximum Gasteiger partial charge on any atom is 0.233 e. The van der Waals surface area contributed by atoms with Crippen molar-refractivity contribution in [1.82, 2.24) is 20.4 Å². The molecule has 0 aromatic heterocycles. The molecule has 2 saturated heterocycles. The summed E-state index contributed by atoms with van der Waals surface area (Å²) < 4.78 is 6.84. The number of nitrogens with one attached hydrogen (secondary N) is 2. The van der Waals surface area contributed by atoms with E-state index < -0.39 is 16.6 Å². The highest BCUT2D eigenvalue weighted by Gasteiger charge is 2.42. The van der Waals surface area contributed by atoms with Gasteiger partial charge in [0.05, 0.1) is 0 Å². The topological polar surface area (TPSA) is 108 Å². The highest BCUT2D eigenvalue weighted by Crippen LogP contribution is 2.32. The van der Waals surface area contributed by atoms with Gasteiger partial charge in [-0.2, -0.15) is 0 Å². The second kappa shape index (κ2) is 18.9. The van der Waals surface area contributed by atoms with E-state index in [1.54, 1.807) is 0 Å². The molecule has 2 fully saturated rings. The Hall–Kier alpha value is -2.48. The molecule has 6 atom stereocenters. The number of carbonyl (C=O) groups is 4. The van der Waals surface area contributed by atoms with Crippen LogP contribution >= 0.6 is 0 Å². The van der Waals surface area contributed by atoms with E-state index in [0.29, 0.717) is 25.7 Å². The van der Waals surface area contributed by atoms with Crippen molar-refractivity contribution in [2.24, 2.45) is 11.8 Å². The molecule has 13 heteroatoms. The van der Waals surface area contributed by atoms with E-state index in [1.807, 2.05) is 27.7 Å². The maximum atomic E-state index is 13.2. The first-order valence-electron chi connectivity index (χ1n) is 17.4. The van der Waals surface area contributed by atoms with Crippen LogP contribution in [0.5, 0.6) is 0 Å². The minimum absolute atomic E-state index is 0.0446. The fraction of sp³-hybridized carbons (Fsp3) is 0.765. The number of carbonyl (C=O) groups excluding carboxylic acids is 4. The summed E-state index contributed by atoms with van der Waals surface area (Å²) in [5.41, 5.74) is 0. The summed E-state index contributed by atoms with van der Waals surface area (Å²) in [6.07, 6.45) is 6.68. The van der Waals surface area contributed by atoms with Gasteiger partial charge in [-0.15, -0.1) is 11.6 Å². The third kappa shape index (κ3) is 13.2. The molecule has 47 heavy (non-hydrogen) atoms. The van der Waals surface area contributed by atoms with Gasteiger partial charge >= 0.3 is 0 Å². The van der Waals surface area contributed by atoms with Gasteiger partial charge in [-0.3, -0.25) is 29.0 Å². The van der Waals surface area contributed by atoms with Gasteiger partial charge < -0.3 is 14.7 Å². The summed E-state index contributed by atoms with van der Waals surface area (Å²) in [7, 11) is 6.40. The Kier molecular flexibility index (Phi) is 16.4. The summed E-state index contributed by atoms with van der Waals surface area (Å²) in [4.78, 5) is 54.8. The summed E-state index contributed by atoms with van der Waals surface area (Å²) in [5, 5.41) is 5.99. The zero-order valence-electron chi connectivity index (χ0n) is 30.0. The molecule has 2 N–H and O–H groups in total. The Morgan fingerprint density at radius 2 is 1.06 bits per heavy atom. The lowest BCUT2D eigenvalue weighted by atomic mass is 10.0. The van der Waals surface area contributed by atoms with Crippen LogP contribution in [0.25, 0.3) is 0 Å². The van der Waals surface area contributed by atoms with Crippen molar-refractivity contribution in [1.29, 1.82) is 0 Å². The monoisotopic (exact) mass is 678 g/mol. The van der Waals surface area contributed by atoms with Crippen LogP contribution in [-0.4, -0.2) is 89.9 Å². The molecule has 0 spiro atoms. The number of hydrogen-bond donors (Lipinski definition) is 2. The largest absolute Gasteiger partial charge is 0.455 e. The smallest absolute Gasteiger partial charge is 0.233 e.